The molecule has 1 N–H and O–H groups in total. The van der Waals surface area contributed by atoms with E-state index in [9.17, 15) is 0 Å². The molecular weight excluding hydrogens is 250 g/mol. The maximum absolute atomic E-state index is 5.75. The molecule has 2 aliphatic heterocycles. The Bertz CT molecular complexity index is 335. The van der Waals surface area contributed by atoms with Gasteiger partial charge in [-0.15, -0.1) is 0 Å². The highest BCUT2D eigenvalue weighted by atomic mass is 16.5. The lowest BCUT2D eigenvalue weighted by atomic mass is 9.85. The Morgan fingerprint density at radius 1 is 1.25 bits per heavy atom. The van der Waals surface area contributed by atoms with Crippen LogP contribution in [0.1, 0.15) is 33.1 Å². The van der Waals surface area contributed by atoms with Gasteiger partial charge in [-0.05, 0) is 40.2 Å². The lowest BCUT2D eigenvalue weighted by molar-refractivity contribution is 0.0126. The third-order valence-corrected chi connectivity index (χ3v) is 5.48. The highest BCUT2D eigenvalue weighted by molar-refractivity contribution is 4.95. The van der Waals surface area contributed by atoms with Gasteiger partial charge in [-0.2, -0.15) is 0 Å². The van der Waals surface area contributed by atoms with Crippen molar-refractivity contribution in [2.75, 3.05) is 53.0 Å². The summed E-state index contributed by atoms with van der Waals surface area (Å²) in [6.07, 6.45) is 3.97. The van der Waals surface area contributed by atoms with Crippen molar-refractivity contribution in [1.29, 1.82) is 0 Å². The number of hydrogen-bond donors (Lipinski definition) is 1. The summed E-state index contributed by atoms with van der Waals surface area (Å²) >= 11 is 0. The van der Waals surface area contributed by atoms with Gasteiger partial charge in [-0.3, -0.25) is 9.80 Å². The second-order valence-corrected chi connectivity index (χ2v) is 7.90. The van der Waals surface area contributed by atoms with Gasteiger partial charge in [0, 0.05) is 56.3 Å². The van der Waals surface area contributed by atoms with E-state index in [-0.39, 0.29) is 0 Å². The highest BCUT2D eigenvalue weighted by Gasteiger charge is 2.40. The van der Waals surface area contributed by atoms with Crippen LogP contribution in [-0.2, 0) is 4.74 Å². The van der Waals surface area contributed by atoms with E-state index in [0.29, 0.717) is 11.0 Å². The van der Waals surface area contributed by atoms with E-state index in [1.807, 2.05) is 0 Å². The van der Waals surface area contributed by atoms with Gasteiger partial charge in [0.25, 0.3) is 0 Å². The number of piperazine rings is 1. The quantitative estimate of drug-likeness (QED) is 0.819. The second-order valence-electron chi connectivity index (χ2n) is 7.90. The predicted octanol–water partition coefficient (Wildman–Crippen LogP) is 1.17. The standard InChI is InChI=1S/C16H31N3O/c1-15(2)11-19(8-7-18(15)3)12-16(6-9-20-13-16)10-17-14-4-5-14/h14,17H,4-13H2,1-3H3. The van der Waals surface area contributed by atoms with Gasteiger partial charge >= 0.3 is 0 Å². The first-order chi connectivity index (χ1) is 9.49. The summed E-state index contributed by atoms with van der Waals surface area (Å²) in [6.45, 7) is 12.5. The van der Waals surface area contributed by atoms with E-state index >= 15 is 0 Å². The van der Waals surface area contributed by atoms with Crippen LogP contribution >= 0.6 is 0 Å². The van der Waals surface area contributed by atoms with Crippen molar-refractivity contribution in [2.24, 2.45) is 5.41 Å². The zero-order valence-electron chi connectivity index (χ0n) is 13.5. The van der Waals surface area contributed by atoms with Crippen LogP contribution in [0.3, 0.4) is 0 Å². The smallest absolute Gasteiger partial charge is 0.0547 e. The van der Waals surface area contributed by atoms with Crippen LogP contribution in [0.25, 0.3) is 0 Å². The van der Waals surface area contributed by atoms with E-state index in [1.54, 1.807) is 0 Å². The zero-order chi connectivity index (χ0) is 14.2. The summed E-state index contributed by atoms with van der Waals surface area (Å²) in [5.74, 6) is 0. The Hall–Kier alpha value is -0.160. The molecule has 0 amide bonds. The minimum Gasteiger partial charge on any atom is -0.381 e. The summed E-state index contributed by atoms with van der Waals surface area (Å²) in [5.41, 5.74) is 0.650. The SMILES string of the molecule is CN1CCN(CC2(CNC3CC3)CCOC2)CC1(C)C. The molecule has 1 atom stereocenters. The van der Waals surface area contributed by atoms with Crippen LogP contribution in [0, 0.1) is 5.41 Å². The lowest BCUT2D eigenvalue weighted by Gasteiger charge is -2.47. The number of likely N-dealkylation sites (N-methyl/N-ethyl adjacent to an activating group) is 1. The van der Waals surface area contributed by atoms with Crippen LogP contribution in [0.15, 0.2) is 0 Å². The van der Waals surface area contributed by atoms with E-state index < -0.39 is 0 Å². The molecule has 0 spiro atoms. The van der Waals surface area contributed by atoms with Crippen molar-refractivity contribution in [2.45, 2.75) is 44.7 Å². The largest absolute Gasteiger partial charge is 0.381 e. The third kappa shape index (κ3) is 3.35. The maximum Gasteiger partial charge on any atom is 0.0547 e. The highest BCUT2D eigenvalue weighted by Crippen LogP contribution is 2.32. The third-order valence-electron chi connectivity index (χ3n) is 5.48. The fourth-order valence-corrected chi connectivity index (χ4v) is 3.57. The molecule has 3 rings (SSSR count). The minimum atomic E-state index is 0.294. The van der Waals surface area contributed by atoms with Gasteiger partial charge < -0.3 is 10.1 Å². The second kappa shape index (κ2) is 5.56. The molecule has 2 heterocycles. The molecule has 1 saturated carbocycles. The Labute approximate surface area is 123 Å². The molecule has 0 aromatic carbocycles. The molecule has 0 aromatic heterocycles. The molecule has 0 radical (unpaired) electrons. The number of ether oxygens (including phenoxy) is 1. The van der Waals surface area contributed by atoms with Crippen LogP contribution in [0.4, 0.5) is 0 Å². The van der Waals surface area contributed by atoms with Crippen molar-refractivity contribution < 1.29 is 4.74 Å². The molecule has 1 aliphatic carbocycles. The van der Waals surface area contributed by atoms with Crippen molar-refractivity contribution in [3.8, 4) is 0 Å². The van der Waals surface area contributed by atoms with Gasteiger partial charge in [-0.25, -0.2) is 0 Å². The van der Waals surface area contributed by atoms with Crippen LogP contribution in [-0.4, -0.2) is 74.4 Å². The molecule has 0 bridgehead atoms. The summed E-state index contributed by atoms with van der Waals surface area (Å²) in [4.78, 5) is 5.16. The van der Waals surface area contributed by atoms with E-state index in [0.717, 1.165) is 25.8 Å². The Morgan fingerprint density at radius 3 is 2.65 bits per heavy atom. The zero-order valence-corrected chi connectivity index (χ0v) is 13.5. The first kappa shape index (κ1) is 14.8. The van der Waals surface area contributed by atoms with E-state index in [4.69, 9.17) is 4.74 Å². The van der Waals surface area contributed by atoms with E-state index in [2.05, 4.69) is 36.0 Å². The Morgan fingerprint density at radius 2 is 2.05 bits per heavy atom. The summed E-state index contributed by atoms with van der Waals surface area (Å²) < 4.78 is 5.75. The molecule has 2 saturated heterocycles. The molecule has 3 aliphatic rings. The van der Waals surface area contributed by atoms with E-state index in [1.165, 1.54) is 45.4 Å². The topological polar surface area (TPSA) is 27.7 Å². The van der Waals surface area contributed by atoms with Gasteiger partial charge in [-0.1, -0.05) is 0 Å². The predicted molar refractivity (Wildman–Crippen MR) is 82.0 cm³/mol. The fraction of sp³-hybridized carbons (Fsp3) is 1.00. The molecule has 0 aromatic rings. The number of hydrogen-bond acceptors (Lipinski definition) is 4. The Balaban J connectivity index is 1.58. The molecule has 3 fully saturated rings. The molecule has 4 nitrogen and oxygen atoms in total. The normalized spacial score (nSPS) is 35.5. The monoisotopic (exact) mass is 281 g/mol. The fourth-order valence-electron chi connectivity index (χ4n) is 3.57. The average molecular weight is 281 g/mol. The molecule has 20 heavy (non-hydrogen) atoms. The number of rotatable bonds is 5. The lowest BCUT2D eigenvalue weighted by Crippen LogP contribution is -2.60. The van der Waals surface area contributed by atoms with Crippen molar-refractivity contribution in [1.82, 2.24) is 15.1 Å². The first-order valence-electron chi connectivity index (χ1n) is 8.24. The van der Waals surface area contributed by atoms with Crippen LogP contribution in [0.5, 0.6) is 0 Å². The molecule has 116 valence electrons. The van der Waals surface area contributed by atoms with Crippen molar-refractivity contribution in [3.05, 3.63) is 0 Å². The van der Waals surface area contributed by atoms with Crippen molar-refractivity contribution in [3.63, 3.8) is 0 Å². The summed E-state index contributed by atoms with van der Waals surface area (Å²) in [6, 6.07) is 0.802. The molecule has 1 unspecified atom stereocenters. The van der Waals surface area contributed by atoms with Crippen LogP contribution < -0.4 is 5.32 Å². The summed E-state index contributed by atoms with van der Waals surface area (Å²) in [7, 11) is 2.25. The van der Waals surface area contributed by atoms with Gasteiger partial charge in [0.05, 0.1) is 6.61 Å². The van der Waals surface area contributed by atoms with Gasteiger partial charge in [0.2, 0.25) is 0 Å². The minimum absolute atomic E-state index is 0.294. The average Bonchev–Trinajstić information content (AvgIpc) is 3.12. The maximum atomic E-state index is 5.75. The van der Waals surface area contributed by atoms with Crippen LogP contribution in [0.2, 0.25) is 0 Å². The first-order valence-corrected chi connectivity index (χ1v) is 8.24. The summed E-state index contributed by atoms with van der Waals surface area (Å²) in [5, 5.41) is 3.74. The molecular formula is C16H31N3O. The number of nitrogens with zero attached hydrogens (tertiary/aromatic N) is 2. The molecule has 4 heteroatoms. The van der Waals surface area contributed by atoms with Gasteiger partial charge in [0.1, 0.15) is 0 Å². The van der Waals surface area contributed by atoms with Gasteiger partial charge in [0.15, 0.2) is 0 Å². The number of nitrogens with one attached hydrogen (secondary N) is 1. The van der Waals surface area contributed by atoms with Crippen molar-refractivity contribution >= 4 is 0 Å². The Kier molecular flexibility index (Phi) is 4.10.